The quantitative estimate of drug-likeness (QED) is 0.352. The fraction of sp³-hybridized carbons (Fsp3) is 0.379. The van der Waals surface area contributed by atoms with E-state index in [4.69, 9.17) is 39.5 Å². The second kappa shape index (κ2) is 12.7. The minimum absolute atomic E-state index is 0.0133. The van der Waals surface area contributed by atoms with Gasteiger partial charge in [0.1, 0.15) is 5.60 Å². The Morgan fingerprint density at radius 3 is 2.46 bits per heavy atom. The first kappa shape index (κ1) is 31.2. The van der Waals surface area contributed by atoms with Gasteiger partial charge in [0.2, 0.25) is 5.91 Å². The van der Waals surface area contributed by atoms with Crippen molar-refractivity contribution in [1.82, 2.24) is 15.1 Å². The van der Waals surface area contributed by atoms with Crippen LogP contribution in [0.4, 0.5) is 9.59 Å². The molecule has 2 aromatic carbocycles. The van der Waals surface area contributed by atoms with E-state index in [1.54, 1.807) is 45.0 Å². The molecule has 2 aliphatic heterocycles. The third-order valence-electron chi connectivity index (χ3n) is 6.62. The summed E-state index contributed by atoms with van der Waals surface area (Å²) < 4.78 is 5.54. The minimum atomic E-state index is -0.687. The number of rotatable bonds is 6. The maximum atomic E-state index is 13.4. The largest absolute Gasteiger partial charge is 0.444 e. The van der Waals surface area contributed by atoms with Crippen LogP contribution in [0.5, 0.6) is 0 Å². The van der Waals surface area contributed by atoms with Crippen molar-refractivity contribution in [2.75, 3.05) is 26.2 Å². The smallest absolute Gasteiger partial charge is 0.410 e. The second-order valence-corrected chi connectivity index (χ2v) is 13.2. The monoisotopic (exact) mass is 637 g/mol. The zero-order valence-electron chi connectivity index (χ0n) is 23.0. The molecule has 4 amide bonds. The number of hydrogen-bond acceptors (Lipinski definition) is 6. The molecule has 0 radical (unpaired) electrons. The lowest BCUT2D eigenvalue weighted by atomic mass is 9.88. The Kier molecular flexibility index (Phi) is 9.63. The molecule has 8 nitrogen and oxygen atoms in total. The number of carbonyl (C=O) groups excluding carboxylic acids is 4. The Morgan fingerprint density at radius 1 is 1.07 bits per heavy atom. The summed E-state index contributed by atoms with van der Waals surface area (Å²) in [5, 5.41) is 3.73. The van der Waals surface area contributed by atoms with Crippen molar-refractivity contribution in [3.05, 3.63) is 73.1 Å². The van der Waals surface area contributed by atoms with Crippen molar-refractivity contribution < 1.29 is 23.9 Å². The van der Waals surface area contributed by atoms with Crippen molar-refractivity contribution in [3.63, 3.8) is 0 Å². The van der Waals surface area contributed by atoms with Crippen LogP contribution < -0.4 is 5.32 Å². The molecule has 2 fully saturated rings. The van der Waals surface area contributed by atoms with Crippen LogP contribution in [-0.4, -0.2) is 64.7 Å². The summed E-state index contributed by atoms with van der Waals surface area (Å²) >= 11 is 19.5. The van der Waals surface area contributed by atoms with E-state index in [-0.39, 0.29) is 42.9 Å². The van der Waals surface area contributed by atoms with Crippen LogP contribution >= 0.6 is 46.6 Å². The van der Waals surface area contributed by atoms with Crippen LogP contribution in [0.1, 0.15) is 43.4 Å². The van der Waals surface area contributed by atoms with Crippen LogP contribution in [0.25, 0.3) is 6.08 Å². The summed E-state index contributed by atoms with van der Waals surface area (Å²) in [5.41, 5.74) is 1.62. The average molecular weight is 639 g/mol. The van der Waals surface area contributed by atoms with Crippen LogP contribution in [0.2, 0.25) is 15.1 Å². The average Bonchev–Trinajstić information content (AvgIpc) is 3.42. The molecule has 2 unspecified atom stereocenters. The number of nitrogens with zero attached hydrogens (tertiary/aromatic N) is 2. The predicted molar refractivity (Wildman–Crippen MR) is 162 cm³/mol. The molecule has 0 aromatic heterocycles. The van der Waals surface area contributed by atoms with Crippen molar-refractivity contribution in [1.29, 1.82) is 0 Å². The number of nitrogens with one attached hydrogen (secondary N) is 1. The van der Waals surface area contributed by atoms with E-state index in [1.807, 2.05) is 25.1 Å². The van der Waals surface area contributed by atoms with Gasteiger partial charge in [-0.3, -0.25) is 19.3 Å². The first-order chi connectivity index (χ1) is 19.2. The molecule has 0 bridgehead atoms. The number of aryl methyl sites for hydroxylation is 1. The fourth-order valence-corrected chi connectivity index (χ4v) is 6.36. The Morgan fingerprint density at radius 2 is 1.80 bits per heavy atom. The second-order valence-electron chi connectivity index (χ2n) is 10.9. The van der Waals surface area contributed by atoms with Crippen molar-refractivity contribution in [3.8, 4) is 0 Å². The molecule has 0 saturated carbocycles. The minimum Gasteiger partial charge on any atom is -0.444 e. The van der Waals surface area contributed by atoms with Gasteiger partial charge in [-0.1, -0.05) is 53.0 Å². The molecule has 12 heteroatoms. The van der Waals surface area contributed by atoms with Crippen LogP contribution in [-0.2, 0) is 14.3 Å². The lowest BCUT2D eigenvalue weighted by Crippen LogP contribution is -2.41. The molecule has 218 valence electrons. The third kappa shape index (κ3) is 7.57. The van der Waals surface area contributed by atoms with Crippen molar-refractivity contribution >= 4 is 75.8 Å². The van der Waals surface area contributed by atoms with Gasteiger partial charge < -0.3 is 15.0 Å². The van der Waals surface area contributed by atoms with Crippen molar-refractivity contribution in [2.24, 2.45) is 5.92 Å². The number of hydrogen-bond donors (Lipinski definition) is 1. The molecule has 2 saturated heterocycles. The molecule has 4 rings (SSSR count). The molecule has 0 aliphatic carbocycles. The molecular formula is C29H30Cl3N3O5S. The van der Waals surface area contributed by atoms with E-state index >= 15 is 0 Å². The number of benzene rings is 2. The fourth-order valence-electron chi connectivity index (χ4n) is 4.67. The third-order valence-corrected chi connectivity index (χ3v) is 8.42. The summed E-state index contributed by atoms with van der Waals surface area (Å²) in [6.07, 6.45) is 1.04. The number of amides is 4. The molecule has 2 heterocycles. The summed E-state index contributed by atoms with van der Waals surface area (Å²) in [5.74, 6) is -1.75. The topological polar surface area (TPSA) is 96.0 Å². The lowest BCUT2D eigenvalue weighted by Gasteiger charge is -2.24. The standard InChI is InChI=1S/C29H30Cl3N3O5S/c1-16-5-8-19(23(32)11-16)20-14-34(27(38)40-29(2,3)4)15-21(20)25(36)33-9-10-35-26(37)24(41-28(35)39)12-17-6-7-18(30)13-22(17)31/h5-8,11-13,20-21H,9-10,14-15H2,1-4H3,(H,33,36)/b24-12-. The molecule has 1 N–H and O–H groups in total. The first-order valence-corrected chi connectivity index (χ1v) is 14.9. The molecule has 0 spiro atoms. The van der Waals surface area contributed by atoms with E-state index < -0.39 is 28.8 Å². The van der Waals surface area contributed by atoms with Gasteiger partial charge >= 0.3 is 6.09 Å². The molecule has 2 aliphatic rings. The number of ether oxygens (including phenoxy) is 1. The summed E-state index contributed by atoms with van der Waals surface area (Å²) in [7, 11) is 0. The first-order valence-electron chi connectivity index (χ1n) is 13.0. The van der Waals surface area contributed by atoms with E-state index in [0.29, 0.717) is 20.6 Å². The highest BCUT2D eigenvalue weighted by Crippen LogP contribution is 2.38. The SMILES string of the molecule is Cc1ccc(C2CN(C(=O)OC(C)(C)C)CC2C(=O)NCCN2C(=O)S/C(=C\c3ccc(Cl)cc3Cl)C2=O)c(Cl)c1. The van der Waals surface area contributed by atoms with Crippen LogP contribution in [0.3, 0.4) is 0 Å². The maximum absolute atomic E-state index is 13.4. The van der Waals surface area contributed by atoms with E-state index in [9.17, 15) is 19.2 Å². The zero-order valence-corrected chi connectivity index (χ0v) is 26.1. The van der Waals surface area contributed by atoms with Gasteiger partial charge in [0.25, 0.3) is 11.1 Å². The van der Waals surface area contributed by atoms with Crippen LogP contribution in [0, 0.1) is 12.8 Å². The predicted octanol–water partition coefficient (Wildman–Crippen LogP) is 6.76. The lowest BCUT2D eigenvalue weighted by molar-refractivity contribution is -0.126. The van der Waals surface area contributed by atoms with Gasteiger partial charge in [0.15, 0.2) is 0 Å². The maximum Gasteiger partial charge on any atom is 0.410 e. The zero-order chi connectivity index (χ0) is 30.1. The summed E-state index contributed by atoms with van der Waals surface area (Å²) in [6.45, 7) is 7.70. The molecular weight excluding hydrogens is 609 g/mol. The van der Waals surface area contributed by atoms with Gasteiger partial charge in [0.05, 0.1) is 10.8 Å². The summed E-state index contributed by atoms with van der Waals surface area (Å²) in [4.78, 5) is 54.6. The van der Waals surface area contributed by atoms with Crippen LogP contribution in [0.15, 0.2) is 41.3 Å². The van der Waals surface area contributed by atoms with Crippen molar-refractivity contribution in [2.45, 2.75) is 39.2 Å². The molecule has 41 heavy (non-hydrogen) atoms. The molecule has 2 aromatic rings. The van der Waals surface area contributed by atoms with Gasteiger partial charge in [-0.25, -0.2) is 4.79 Å². The Labute approximate surface area is 258 Å². The van der Waals surface area contributed by atoms with E-state index in [0.717, 1.165) is 27.8 Å². The van der Waals surface area contributed by atoms with Gasteiger partial charge in [-0.15, -0.1) is 0 Å². The highest BCUT2D eigenvalue weighted by atomic mass is 35.5. The normalized spacial score (nSPS) is 20.2. The van der Waals surface area contributed by atoms with E-state index in [2.05, 4.69) is 5.32 Å². The number of likely N-dealkylation sites (tertiary alicyclic amines) is 1. The highest BCUT2D eigenvalue weighted by molar-refractivity contribution is 8.18. The Hall–Kier alpha value is -2.72. The van der Waals surface area contributed by atoms with Gasteiger partial charge in [0, 0.05) is 47.2 Å². The van der Waals surface area contributed by atoms with Gasteiger partial charge in [-0.2, -0.15) is 0 Å². The van der Waals surface area contributed by atoms with Gasteiger partial charge in [-0.05, 0) is 80.4 Å². The Bertz CT molecular complexity index is 1420. The number of halogens is 3. The molecule has 2 atom stereocenters. The number of imide groups is 1. The number of thioether (sulfide) groups is 1. The number of carbonyl (C=O) groups is 4. The Balaban J connectivity index is 1.44. The van der Waals surface area contributed by atoms with E-state index in [1.165, 1.54) is 4.90 Å². The summed E-state index contributed by atoms with van der Waals surface area (Å²) in [6, 6.07) is 10.5. The highest BCUT2D eigenvalue weighted by Gasteiger charge is 2.42.